The SMILES string of the molecule is CNC(C)c1cccc(OCc2cccc(F)c2F)c1. The van der Waals surface area contributed by atoms with Crippen LogP contribution in [0.4, 0.5) is 8.78 Å². The molecule has 20 heavy (non-hydrogen) atoms. The van der Waals surface area contributed by atoms with Crippen LogP contribution in [-0.2, 0) is 6.61 Å². The predicted molar refractivity (Wildman–Crippen MR) is 74.6 cm³/mol. The van der Waals surface area contributed by atoms with E-state index in [1.54, 1.807) is 6.07 Å². The van der Waals surface area contributed by atoms with E-state index >= 15 is 0 Å². The molecule has 1 N–H and O–H groups in total. The Morgan fingerprint density at radius 2 is 1.90 bits per heavy atom. The number of rotatable bonds is 5. The second kappa shape index (κ2) is 6.48. The summed E-state index contributed by atoms with van der Waals surface area (Å²) in [6.07, 6.45) is 0. The smallest absolute Gasteiger partial charge is 0.165 e. The fourth-order valence-electron chi connectivity index (χ4n) is 1.86. The lowest BCUT2D eigenvalue weighted by Gasteiger charge is -2.13. The Bertz CT molecular complexity index is 586. The van der Waals surface area contributed by atoms with E-state index in [0.717, 1.165) is 11.6 Å². The van der Waals surface area contributed by atoms with Gasteiger partial charge in [0.25, 0.3) is 0 Å². The molecule has 0 saturated carbocycles. The number of nitrogens with one attached hydrogen (secondary N) is 1. The van der Waals surface area contributed by atoms with Crippen molar-refractivity contribution >= 4 is 0 Å². The van der Waals surface area contributed by atoms with Crippen molar-refractivity contribution in [2.75, 3.05) is 7.05 Å². The predicted octanol–water partition coefficient (Wildman–Crippen LogP) is 3.82. The first kappa shape index (κ1) is 14.5. The van der Waals surface area contributed by atoms with Crippen molar-refractivity contribution in [1.29, 1.82) is 0 Å². The zero-order valence-electron chi connectivity index (χ0n) is 11.5. The van der Waals surface area contributed by atoms with Gasteiger partial charge in [-0.3, -0.25) is 0 Å². The van der Waals surface area contributed by atoms with Crippen molar-refractivity contribution in [3.05, 3.63) is 65.2 Å². The highest BCUT2D eigenvalue weighted by Crippen LogP contribution is 2.20. The third kappa shape index (κ3) is 3.33. The van der Waals surface area contributed by atoms with Crippen LogP contribution in [0.15, 0.2) is 42.5 Å². The first-order valence-electron chi connectivity index (χ1n) is 6.44. The molecule has 4 heteroatoms. The highest BCUT2D eigenvalue weighted by Gasteiger charge is 2.09. The van der Waals surface area contributed by atoms with Crippen molar-refractivity contribution in [2.24, 2.45) is 0 Å². The monoisotopic (exact) mass is 277 g/mol. The van der Waals surface area contributed by atoms with Crippen LogP contribution in [0, 0.1) is 11.6 Å². The summed E-state index contributed by atoms with van der Waals surface area (Å²) >= 11 is 0. The number of halogens is 2. The van der Waals surface area contributed by atoms with Crippen molar-refractivity contribution < 1.29 is 13.5 Å². The lowest BCUT2D eigenvalue weighted by Crippen LogP contribution is -2.12. The molecule has 0 radical (unpaired) electrons. The van der Waals surface area contributed by atoms with Crippen LogP contribution in [0.1, 0.15) is 24.1 Å². The molecule has 0 aliphatic heterocycles. The van der Waals surface area contributed by atoms with E-state index in [-0.39, 0.29) is 18.2 Å². The Kier molecular flexibility index (Phi) is 4.69. The molecule has 2 aromatic rings. The molecule has 1 atom stereocenters. The summed E-state index contributed by atoms with van der Waals surface area (Å²) in [6.45, 7) is 2.03. The van der Waals surface area contributed by atoms with Crippen LogP contribution in [0.5, 0.6) is 5.75 Å². The van der Waals surface area contributed by atoms with E-state index in [2.05, 4.69) is 5.32 Å². The molecule has 2 aromatic carbocycles. The van der Waals surface area contributed by atoms with Gasteiger partial charge < -0.3 is 10.1 Å². The van der Waals surface area contributed by atoms with Crippen molar-refractivity contribution in [2.45, 2.75) is 19.6 Å². The number of benzene rings is 2. The highest BCUT2D eigenvalue weighted by atomic mass is 19.2. The molecule has 0 amide bonds. The molecule has 0 spiro atoms. The Morgan fingerprint density at radius 3 is 2.65 bits per heavy atom. The standard InChI is InChI=1S/C16H17F2NO/c1-11(19-2)12-5-3-7-14(9-12)20-10-13-6-4-8-15(17)16(13)18/h3-9,11,19H,10H2,1-2H3. The molecule has 0 bridgehead atoms. The van der Waals surface area contributed by atoms with E-state index in [4.69, 9.17) is 4.74 Å². The largest absolute Gasteiger partial charge is 0.489 e. The second-order valence-corrected chi connectivity index (χ2v) is 4.58. The molecular weight excluding hydrogens is 260 g/mol. The van der Waals surface area contributed by atoms with Gasteiger partial charge in [-0.25, -0.2) is 8.78 Å². The van der Waals surface area contributed by atoms with Gasteiger partial charge in [0.2, 0.25) is 0 Å². The van der Waals surface area contributed by atoms with Crippen molar-refractivity contribution in [3.8, 4) is 5.75 Å². The molecule has 2 rings (SSSR count). The van der Waals surface area contributed by atoms with Crippen LogP contribution >= 0.6 is 0 Å². The molecule has 2 nitrogen and oxygen atoms in total. The van der Waals surface area contributed by atoms with Gasteiger partial charge in [0.05, 0.1) is 0 Å². The van der Waals surface area contributed by atoms with Crippen LogP contribution < -0.4 is 10.1 Å². The van der Waals surface area contributed by atoms with Crippen LogP contribution in [0.3, 0.4) is 0 Å². The zero-order valence-corrected chi connectivity index (χ0v) is 11.5. The Labute approximate surface area is 117 Å². The van der Waals surface area contributed by atoms with E-state index in [1.165, 1.54) is 12.1 Å². The molecule has 0 aromatic heterocycles. The molecule has 0 saturated heterocycles. The summed E-state index contributed by atoms with van der Waals surface area (Å²) in [5.74, 6) is -1.08. The van der Waals surface area contributed by atoms with Gasteiger partial charge >= 0.3 is 0 Å². The zero-order chi connectivity index (χ0) is 14.5. The minimum Gasteiger partial charge on any atom is -0.489 e. The van der Waals surface area contributed by atoms with Gasteiger partial charge in [-0.05, 0) is 37.7 Å². The number of hydrogen-bond acceptors (Lipinski definition) is 2. The molecule has 0 aliphatic carbocycles. The Morgan fingerprint density at radius 1 is 1.15 bits per heavy atom. The molecule has 1 unspecified atom stereocenters. The second-order valence-electron chi connectivity index (χ2n) is 4.58. The van der Waals surface area contributed by atoms with E-state index in [1.807, 2.05) is 32.2 Å². The minimum absolute atomic E-state index is 0.000973. The number of ether oxygens (including phenoxy) is 1. The lowest BCUT2D eigenvalue weighted by molar-refractivity contribution is 0.296. The first-order chi connectivity index (χ1) is 9.61. The van der Waals surface area contributed by atoms with Gasteiger partial charge in [-0.2, -0.15) is 0 Å². The van der Waals surface area contributed by atoms with E-state index in [9.17, 15) is 8.78 Å². The minimum atomic E-state index is -0.858. The summed E-state index contributed by atoms with van der Waals surface area (Å²) in [5.41, 5.74) is 1.28. The fraction of sp³-hybridized carbons (Fsp3) is 0.250. The normalized spacial score (nSPS) is 12.2. The summed E-state index contributed by atoms with van der Waals surface area (Å²) < 4.78 is 32.1. The van der Waals surface area contributed by atoms with Crippen LogP contribution in [0.25, 0.3) is 0 Å². The lowest BCUT2D eigenvalue weighted by atomic mass is 10.1. The summed E-state index contributed by atoms with van der Waals surface area (Å²) in [4.78, 5) is 0. The van der Waals surface area contributed by atoms with Gasteiger partial charge in [0.1, 0.15) is 12.4 Å². The third-order valence-corrected chi connectivity index (χ3v) is 3.22. The van der Waals surface area contributed by atoms with Gasteiger partial charge in [-0.1, -0.05) is 24.3 Å². The van der Waals surface area contributed by atoms with Gasteiger partial charge in [0, 0.05) is 11.6 Å². The molecular formula is C16H17F2NO. The maximum absolute atomic E-state index is 13.5. The fourth-order valence-corrected chi connectivity index (χ4v) is 1.86. The van der Waals surface area contributed by atoms with Crippen LogP contribution in [0.2, 0.25) is 0 Å². The molecule has 106 valence electrons. The Hall–Kier alpha value is -1.94. The number of hydrogen-bond donors (Lipinski definition) is 1. The molecule has 0 heterocycles. The third-order valence-electron chi connectivity index (χ3n) is 3.22. The van der Waals surface area contributed by atoms with Crippen molar-refractivity contribution in [1.82, 2.24) is 5.32 Å². The topological polar surface area (TPSA) is 21.3 Å². The van der Waals surface area contributed by atoms with E-state index < -0.39 is 11.6 Å². The van der Waals surface area contributed by atoms with Gasteiger partial charge in [-0.15, -0.1) is 0 Å². The quantitative estimate of drug-likeness (QED) is 0.897. The first-order valence-corrected chi connectivity index (χ1v) is 6.44. The molecule has 0 fully saturated rings. The van der Waals surface area contributed by atoms with Crippen LogP contribution in [-0.4, -0.2) is 7.05 Å². The summed E-state index contributed by atoms with van der Waals surface area (Å²) in [5, 5.41) is 3.13. The highest BCUT2D eigenvalue weighted by molar-refractivity contribution is 5.30. The molecule has 0 aliphatic rings. The van der Waals surface area contributed by atoms with Gasteiger partial charge in [0.15, 0.2) is 11.6 Å². The summed E-state index contributed by atoms with van der Waals surface area (Å²) in [7, 11) is 1.88. The van der Waals surface area contributed by atoms with Crippen molar-refractivity contribution in [3.63, 3.8) is 0 Å². The average molecular weight is 277 g/mol. The Balaban J connectivity index is 2.09. The van der Waals surface area contributed by atoms with E-state index in [0.29, 0.717) is 5.75 Å². The maximum Gasteiger partial charge on any atom is 0.165 e. The average Bonchev–Trinajstić information content (AvgIpc) is 2.48. The summed E-state index contributed by atoms with van der Waals surface area (Å²) in [6, 6.07) is 11.8. The maximum atomic E-state index is 13.5.